The van der Waals surface area contributed by atoms with Gasteiger partial charge in [0.1, 0.15) is 5.75 Å². The normalized spacial score (nSPS) is 10.7. The van der Waals surface area contributed by atoms with E-state index in [2.05, 4.69) is 36.5 Å². The van der Waals surface area contributed by atoms with Crippen LogP contribution in [0.2, 0.25) is 0 Å². The van der Waals surface area contributed by atoms with Gasteiger partial charge in [-0.15, -0.1) is 0 Å². The number of nitrogens with one attached hydrogen (secondary N) is 1. The number of hydrogen-bond donors (Lipinski definition) is 2. The molecule has 2 rings (SSSR count). The fraction of sp³-hybridized carbons (Fsp3) is 0.333. The zero-order valence-electron chi connectivity index (χ0n) is 13.0. The summed E-state index contributed by atoms with van der Waals surface area (Å²) in [6.07, 6.45) is 1.16. The van der Waals surface area contributed by atoms with Crippen LogP contribution < -0.4 is 15.8 Å². The van der Waals surface area contributed by atoms with Crippen molar-refractivity contribution in [2.75, 3.05) is 11.1 Å². The van der Waals surface area contributed by atoms with Crippen LogP contribution in [0.5, 0.6) is 5.75 Å². The second-order valence-corrected chi connectivity index (χ2v) is 5.40. The van der Waals surface area contributed by atoms with Crippen molar-refractivity contribution in [3.63, 3.8) is 0 Å². The van der Waals surface area contributed by atoms with E-state index < -0.39 is 0 Å². The van der Waals surface area contributed by atoms with E-state index in [1.165, 1.54) is 11.1 Å². The minimum Gasteiger partial charge on any atom is -0.489 e. The predicted molar refractivity (Wildman–Crippen MR) is 89.8 cm³/mol. The SMILES string of the molecule is CCc1ccccc1CNc1ccc(N)c(OC(C)C)c1. The summed E-state index contributed by atoms with van der Waals surface area (Å²) in [6, 6.07) is 14.3. The summed E-state index contributed by atoms with van der Waals surface area (Å²) in [4.78, 5) is 0. The minimum absolute atomic E-state index is 0.114. The molecule has 0 atom stereocenters. The van der Waals surface area contributed by atoms with E-state index in [-0.39, 0.29) is 6.10 Å². The third-order valence-corrected chi connectivity index (χ3v) is 3.36. The number of nitrogen functional groups attached to an aromatic ring is 1. The average Bonchev–Trinajstić information content (AvgIpc) is 2.48. The summed E-state index contributed by atoms with van der Waals surface area (Å²) in [5.74, 6) is 0.735. The molecule has 0 radical (unpaired) electrons. The van der Waals surface area contributed by atoms with Crippen LogP contribution >= 0.6 is 0 Å². The minimum atomic E-state index is 0.114. The Morgan fingerprint density at radius 1 is 1.10 bits per heavy atom. The monoisotopic (exact) mass is 284 g/mol. The maximum Gasteiger partial charge on any atom is 0.144 e. The molecule has 0 heterocycles. The van der Waals surface area contributed by atoms with Crippen LogP contribution in [0.4, 0.5) is 11.4 Å². The van der Waals surface area contributed by atoms with Crippen LogP contribution in [0.15, 0.2) is 42.5 Å². The highest BCUT2D eigenvalue weighted by Crippen LogP contribution is 2.27. The third kappa shape index (κ3) is 4.15. The first-order chi connectivity index (χ1) is 10.1. The van der Waals surface area contributed by atoms with E-state index >= 15 is 0 Å². The Morgan fingerprint density at radius 2 is 1.81 bits per heavy atom. The van der Waals surface area contributed by atoms with E-state index in [9.17, 15) is 0 Å². The molecule has 0 aromatic heterocycles. The van der Waals surface area contributed by atoms with Gasteiger partial charge in [0.2, 0.25) is 0 Å². The van der Waals surface area contributed by atoms with Crippen LogP contribution in [-0.2, 0) is 13.0 Å². The summed E-state index contributed by atoms with van der Waals surface area (Å²) in [5.41, 5.74) is 10.3. The van der Waals surface area contributed by atoms with Crippen molar-refractivity contribution in [3.05, 3.63) is 53.6 Å². The highest BCUT2D eigenvalue weighted by Gasteiger charge is 2.05. The van der Waals surface area contributed by atoms with Crippen LogP contribution in [0.25, 0.3) is 0 Å². The summed E-state index contributed by atoms with van der Waals surface area (Å²) in [5, 5.41) is 3.44. The maximum atomic E-state index is 5.94. The van der Waals surface area contributed by atoms with Crippen LogP contribution in [-0.4, -0.2) is 6.10 Å². The van der Waals surface area contributed by atoms with Crippen molar-refractivity contribution in [1.29, 1.82) is 0 Å². The Balaban J connectivity index is 2.09. The van der Waals surface area contributed by atoms with Gasteiger partial charge >= 0.3 is 0 Å². The van der Waals surface area contributed by atoms with E-state index in [4.69, 9.17) is 10.5 Å². The molecule has 21 heavy (non-hydrogen) atoms. The Kier molecular flexibility index (Phi) is 5.09. The summed E-state index contributed by atoms with van der Waals surface area (Å²) >= 11 is 0. The smallest absolute Gasteiger partial charge is 0.144 e. The average molecular weight is 284 g/mol. The second kappa shape index (κ2) is 7.02. The third-order valence-electron chi connectivity index (χ3n) is 3.36. The van der Waals surface area contributed by atoms with Crippen molar-refractivity contribution in [1.82, 2.24) is 0 Å². The quantitative estimate of drug-likeness (QED) is 0.780. The molecular formula is C18H24N2O. The second-order valence-electron chi connectivity index (χ2n) is 5.40. The van der Waals surface area contributed by atoms with Crippen molar-refractivity contribution in [2.45, 2.75) is 39.8 Å². The van der Waals surface area contributed by atoms with Gasteiger partial charge in [-0.1, -0.05) is 31.2 Å². The molecule has 3 nitrogen and oxygen atoms in total. The van der Waals surface area contributed by atoms with Crippen LogP contribution in [0, 0.1) is 0 Å². The Hall–Kier alpha value is -2.16. The van der Waals surface area contributed by atoms with Crippen molar-refractivity contribution in [3.8, 4) is 5.75 Å². The topological polar surface area (TPSA) is 47.3 Å². The number of aryl methyl sites for hydroxylation is 1. The van der Waals surface area contributed by atoms with Gasteiger partial charge in [0.05, 0.1) is 11.8 Å². The molecule has 0 spiro atoms. The Bertz CT molecular complexity index is 594. The highest BCUT2D eigenvalue weighted by molar-refractivity contribution is 5.61. The van der Waals surface area contributed by atoms with Gasteiger partial charge in [-0.2, -0.15) is 0 Å². The van der Waals surface area contributed by atoms with Gasteiger partial charge in [-0.05, 0) is 43.5 Å². The summed E-state index contributed by atoms with van der Waals surface area (Å²) in [7, 11) is 0. The lowest BCUT2D eigenvalue weighted by atomic mass is 10.1. The summed E-state index contributed by atoms with van der Waals surface area (Å²) in [6.45, 7) is 6.97. The molecule has 3 heteroatoms. The molecule has 0 saturated carbocycles. The number of rotatable bonds is 6. The van der Waals surface area contributed by atoms with Crippen molar-refractivity contribution >= 4 is 11.4 Å². The van der Waals surface area contributed by atoms with Gasteiger partial charge in [-0.25, -0.2) is 0 Å². The van der Waals surface area contributed by atoms with Crippen LogP contribution in [0.1, 0.15) is 31.9 Å². The fourth-order valence-electron chi connectivity index (χ4n) is 2.27. The summed E-state index contributed by atoms with van der Waals surface area (Å²) < 4.78 is 5.72. The molecule has 0 unspecified atom stereocenters. The predicted octanol–water partition coefficient (Wildman–Crippen LogP) is 4.23. The van der Waals surface area contributed by atoms with Crippen molar-refractivity contribution in [2.24, 2.45) is 0 Å². The molecule has 0 aliphatic heterocycles. The standard InChI is InChI=1S/C18H24N2O/c1-4-14-7-5-6-8-15(14)12-20-16-9-10-17(19)18(11-16)21-13(2)3/h5-11,13,20H,4,12,19H2,1-3H3. The number of benzene rings is 2. The zero-order valence-corrected chi connectivity index (χ0v) is 13.0. The lowest BCUT2D eigenvalue weighted by Crippen LogP contribution is -2.08. The highest BCUT2D eigenvalue weighted by atomic mass is 16.5. The molecule has 0 amide bonds. The molecule has 0 aliphatic carbocycles. The zero-order chi connectivity index (χ0) is 15.2. The molecule has 0 aliphatic rings. The number of nitrogens with two attached hydrogens (primary N) is 1. The molecule has 0 saturated heterocycles. The van der Waals surface area contributed by atoms with E-state index in [0.29, 0.717) is 5.69 Å². The van der Waals surface area contributed by atoms with Gasteiger partial charge in [0, 0.05) is 18.3 Å². The molecule has 112 valence electrons. The molecule has 0 fully saturated rings. The molecule has 2 aromatic rings. The van der Waals surface area contributed by atoms with Gasteiger partial charge in [0.15, 0.2) is 0 Å². The maximum absolute atomic E-state index is 5.94. The largest absolute Gasteiger partial charge is 0.489 e. The molecule has 3 N–H and O–H groups in total. The number of anilines is 2. The first-order valence-corrected chi connectivity index (χ1v) is 7.47. The van der Waals surface area contributed by atoms with Gasteiger partial charge in [0.25, 0.3) is 0 Å². The van der Waals surface area contributed by atoms with Gasteiger partial charge < -0.3 is 15.8 Å². The number of hydrogen-bond acceptors (Lipinski definition) is 3. The Morgan fingerprint density at radius 3 is 2.48 bits per heavy atom. The fourth-order valence-corrected chi connectivity index (χ4v) is 2.27. The van der Waals surface area contributed by atoms with Gasteiger partial charge in [-0.3, -0.25) is 0 Å². The van der Waals surface area contributed by atoms with Crippen molar-refractivity contribution < 1.29 is 4.74 Å². The molecular weight excluding hydrogens is 260 g/mol. The molecule has 2 aromatic carbocycles. The number of ether oxygens (including phenoxy) is 1. The lowest BCUT2D eigenvalue weighted by molar-refractivity contribution is 0.244. The lowest BCUT2D eigenvalue weighted by Gasteiger charge is -2.15. The van der Waals surface area contributed by atoms with Crippen LogP contribution in [0.3, 0.4) is 0 Å². The van der Waals surface area contributed by atoms with E-state index in [1.807, 2.05) is 32.0 Å². The van der Waals surface area contributed by atoms with E-state index in [1.54, 1.807) is 0 Å². The first-order valence-electron chi connectivity index (χ1n) is 7.47. The molecule has 0 bridgehead atoms. The Labute approximate surface area is 127 Å². The first kappa shape index (κ1) is 15.2. The van der Waals surface area contributed by atoms with E-state index in [0.717, 1.165) is 24.4 Å².